The Balaban J connectivity index is 2.59. The molecule has 0 aliphatic heterocycles. The molecule has 0 aliphatic rings. The Labute approximate surface area is 104 Å². The largest absolute Gasteiger partial charge is 0.311 e. The third kappa shape index (κ3) is 2.09. The highest BCUT2D eigenvalue weighted by molar-refractivity contribution is 5.63. The molecule has 0 spiro atoms. The molecule has 2 aromatic rings. The van der Waals surface area contributed by atoms with Gasteiger partial charge in [-0.1, -0.05) is 6.07 Å². The van der Waals surface area contributed by atoms with Crippen LogP contribution in [0.4, 0.5) is 5.69 Å². The van der Waals surface area contributed by atoms with E-state index in [1.165, 1.54) is 12.1 Å². The summed E-state index contributed by atoms with van der Waals surface area (Å²) < 4.78 is 1.89. The first-order valence-electron chi connectivity index (χ1n) is 5.65. The predicted molar refractivity (Wildman–Crippen MR) is 67.2 cm³/mol. The van der Waals surface area contributed by atoms with Gasteiger partial charge < -0.3 is 4.57 Å². The smallest absolute Gasteiger partial charge is 0.270 e. The molecule has 2 rings (SSSR count). The second kappa shape index (κ2) is 4.56. The second-order valence-corrected chi connectivity index (χ2v) is 4.41. The molecule has 0 amide bonds. The number of hydrogen-bond acceptors (Lipinski definition) is 4. The molecule has 0 N–H and O–H groups in total. The maximum atomic E-state index is 10.8. The number of hydrogen-bond donors (Lipinski definition) is 0. The van der Waals surface area contributed by atoms with Gasteiger partial charge in [0.05, 0.1) is 4.92 Å². The molecule has 94 valence electrons. The lowest BCUT2D eigenvalue weighted by Gasteiger charge is -2.11. The zero-order valence-electron chi connectivity index (χ0n) is 10.5. The first-order chi connectivity index (χ1) is 8.50. The van der Waals surface area contributed by atoms with Crippen molar-refractivity contribution in [3.05, 3.63) is 40.2 Å². The Morgan fingerprint density at radius 1 is 1.39 bits per heavy atom. The molecule has 0 saturated carbocycles. The van der Waals surface area contributed by atoms with Crippen LogP contribution in [-0.2, 0) is 0 Å². The van der Waals surface area contributed by atoms with Gasteiger partial charge in [-0.25, -0.2) is 0 Å². The Bertz CT molecular complexity index is 590. The minimum Gasteiger partial charge on any atom is -0.311 e. The van der Waals surface area contributed by atoms with E-state index in [0.29, 0.717) is 5.82 Å². The van der Waals surface area contributed by atoms with Gasteiger partial charge in [-0.15, -0.1) is 10.2 Å². The number of benzene rings is 1. The maximum absolute atomic E-state index is 10.8. The Kier molecular flexibility index (Phi) is 3.10. The number of nitrogens with zero attached hydrogens (tertiary/aromatic N) is 4. The molecule has 0 saturated heterocycles. The highest BCUT2D eigenvalue weighted by Gasteiger charge is 2.15. The van der Waals surface area contributed by atoms with Crippen molar-refractivity contribution in [2.45, 2.75) is 26.8 Å². The summed E-state index contributed by atoms with van der Waals surface area (Å²) in [7, 11) is 0. The van der Waals surface area contributed by atoms with E-state index in [9.17, 15) is 10.1 Å². The summed E-state index contributed by atoms with van der Waals surface area (Å²) in [6.45, 7) is 5.93. The van der Waals surface area contributed by atoms with Crippen LogP contribution in [0.25, 0.3) is 11.4 Å². The van der Waals surface area contributed by atoms with Crippen LogP contribution in [0.1, 0.15) is 25.5 Å². The van der Waals surface area contributed by atoms with Crippen LogP contribution >= 0.6 is 0 Å². The average molecular weight is 246 g/mol. The first kappa shape index (κ1) is 12.2. The maximum Gasteiger partial charge on any atom is 0.270 e. The van der Waals surface area contributed by atoms with E-state index >= 15 is 0 Å². The number of nitro groups is 1. The standard InChI is InChI=1S/C12H14N4O2/c1-8(2)15-7-13-14-12(15)11-6-10(16(17)18)5-4-9(11)3/h4-8H,1-3H3. The fourth-order valence-corrected chi connectivity index (χ4v) is 1.78. The number of nitro benzene ring substituents is 1. The van der Waals surface area contributed by atoms with Gasteiger partial charge in [0.2, 0.25) is 0 Å². The van der Waals surface area contributed by atoms with Gasteiger partial charge in [-0.05, 0) is 26.3 Å². The van der Waals surface area contributed by atoms with Crippen molar-refractivity contribution in [1.82, 2.24) is 14.8 Å². The molecule has 0 radical (unpaired) electrons. The van der Waals surface area contributed by atoms with Crippen molar-refractivity contribution in [1.29, 1.82) is 0 Å². The molecular weight excluding hydrogens is 232 g/mol. The van der Waals surface area contributed by atoms with Crippen molar-refractivity contribution in [3.63, 3.8) is 0 Å². The van der Waals surface area contributed by atoms with Crippen molar-refractivity contribution in [3.8, 4) is 11.4 Å². The quantitative estimate of drug-likeness (QED) is 0.616. The SMILES string of the molecule is Cc1ccc([N+](=O)[O-])cc1-c1nncn1C(C)C. The first-order valence-corrected chi connectivity index (χ1v) is 5.65. The molecule has 0 fully saturated rings. The molecule has 6 nitrogen and oxygen atoms in total. The van der Waals surface area contributed by atoms with Gasteiger partial charge in [-0.2, -0.15) is 0 Å². The molecule has 0 aliphatic carbocycles. The van der Waals surface area contributed by atoms with Gasteiger partial charge in [0.15, 0.2) is 5.82 Å². The minimum atomic E-state index is -0.404. The van der Waals surface area contributed by atoms with Gasteiger partial charge in [0.25, 0.3) is 5.69 Å². The lowest BCUT2D eigenvalue weighted by molar-refractivity contribution is -0.384. The summed E-state index contributed by atoms with van der Waals surface area (Å²) >= 11 is 0. The average Bonchev–Trinajstić information content (AvgIpc) is 2.78. The fourth-order valence-electron chi connectivity index (χ4n) is 1.78. The normalized spacial score (nSPS) is 10.9. The van der Waals surface area contributed by atoms with E-state index in [2.05, 4.69) is 10.2 Å². The summed E-state index contributed by atoms with van der Waals surface area (Å²) in [5.41, 5.74) is 1.75. The van der Waals surface area contributed by atoms with Crippen LogP contribution in [0.15, 0.2) is 24.5 Å². The van der Waals surface area contributed by atoms with Crippen molar-refractivity contribution in [2.24, 2.45) is 0 Å². The lowest BCUT2D eigenvalue weighted by Crippen LogP contribution is -2.03. The lowest BCUT2D eigenvalue weighted by atomic mass is 10.1. The van der Waals surface area contributed by atoms with Crippen LogP contribution in [-0.4, -0.2) is 19.7 Å². The zero-order valence-corrected chi connectivity index (χ0v) is 10.5. The van der Waals surface area contributed by atoms with E-state index in [1.807, 2.05) is 25.3 Å². The van der Waals surface area contributed by atoms with Crippen LogP contribution in [0.3, 0.4) is 0 Å². The van der Waals surface area contributed by atoms with E-state index in [0.717, 1.165) is 11.1 Å². The van der Waals surface area contributed by atoms with E-state index in [4.69, 9.17) is 0 Å². The van der Waals surface area contributed by atoms with Crippen LogP contribution < -0.4 is 0 Å². The molecular formula is C12H14N4O2. The third-order valence-electron chi connectivity index (χ3n) is 2.80. The van der Waals surface area contributed by atoms with Crippen molar-refractivity contribution >= 4 is 5.69 Å². The van der Waals surface area contributed by atoms with Gasteiger partial charge in [0.1, 0.15) is 6.33 Å². The molecule has 1 aromatic heterocycles. The van der Waals surface area contributed by atoms with Gasteiger partial charge in [-0.3, -0.25) is 10.1 Å². The second-order valence-electron chi connectivity index (χ2n) is 4.41. The van der Waals surface area contributed by atoms with Crippen molar-refractivity contribution < 1.29 is 4.92 Å². The monoisotopic (exact) mass is 246 g/mol. The highest BCUT2D eigenvalue weighted by atomic mass is 16.6. The van der Waals surface area contributed by atoms with Crippen LogP contribution in [0.2, 0.25) is 0 Å². The van der Waals surface area contributed by atoms with Gasteiger partial charge in [0, 0.05) is 23.7 Å². The summed E-state index contributed by atoms with van der Waals surface area (Å²) in [5.74, 6) is 0.659. The van der Waals surface area contributed by atoms with Crippen LogP contribution in [0.5, 0.6) is 0 Å². The minimum absolute atomic E-state index is 0.0638. The summed E-state index contributed by atoms with van der Waals surface area (Å²) in [6.07, 6.45) is 1.64. The van der Waals surface area contributed by atoms with Crippen molar-refractivity contribution in [2.75, 3.05) is 0 Å². The van der Waals surface area contributed by atoms with E-state index in [1.54, 1.807) is 12.4 Å². The Morgan fingerprint density at radius 2 is 2.11 bits per heavy atom. The molecule has 1 aromatic carbocycles. The zero-order chi connectivity index (χ0) is 13.3. The summed E-state index contributed by atoms with van der Waals surface area (Å²) in [4.78, 5) is 10.4. The molecule has 6 heteroatoms. The number of non-ortho nitro benzene ring substituents is 1. The summed E-state index contributed by atoms with van der Waals surface area (Å²) in [6, 6.07) is 4.97. The number of rotatable bonds is 3. The fraction of sp³-hybridized carbons (Fsp3) is 0.333. The van der Waals surface area contributed by atoms with Gasteiger partial charge >= 0.3 is 0 Å². The third-order valence-corrected chi connectivity index (χ3v) is 2.80. The number of aryl methyl sites for hydroxylation is 1. The van der Waals surface area contributed by atoms with E-state index in [-0.39, 0.29) is 11.7 Å². The van der Waals surface area contributed by atoms with Crippen LogP contribution in [0, 0.1) is 17.0 Å². The topological polar surface area (TPSA) is 73.8 Å². The predicted octanol–water partition coefficient (Wildman–Crippen LogP) is 2.74. The molecule has 0 bridgehead atoms. The highest BCUT2D eigenvalue weighted by Crippen LogP contribution is 2.27. The molecule has 0 unspecified atom stereocenters. The number of aromatic nitrogens is 3. The molecule has 0 atom stereocenters. The Hall–Kier alpha value is -2.24. The summed E-state index contributed by atoms with van der Waals surface area (Å²) in [5, 5.41) is 18.8. The molecule has 18 heavy (non-hydrogen) atoms. The molecule has 1 heterocycles. The van der Waals surface area contributed by atoms with E-state index < -0.39 is 4.92 Å². The Morgan fingerprint density at radius 3 is 2.72 bits per heavy atom.